The summed E-state index contributed by atoms with van der Waals surface area (Å²) in [6, 6.07) is 7.47. The number of rotatable bonds is 5. The lowest BCUT2D eigenvalue weighted by Gasteiger charge is -2.13. The van der Waals surface area contributed by atoms with E-state index in [2.05, 4.69) is 15.6 Å². The van der Waals surface area contributed by atoms with Crippen LogP contribution in [0.25, 0.3) is 0 Å². The molecule has 1 aromatic carbocycles. The second-order valence-electron chi connectivity index (χ2n) is 6.30. The molecule has 2 amide bonds. The minimum Gasteiger partial charge on any atom is -0.363 e. The molecule has 2 rings (SSSR count). The zero-order chi connectivity index (χ0) is 18.6. The van der Waals surface area contributed by atoms with Gasteiger partial charge in [-0.15, -0.1) is 0 Å². The van der Waals surface area contributed by atoms with Gasteiger partial charge in [0.15, 0.2) is 0 Å². The van der Waals surface area contributed by atoms with E-state index >= 15 is 0 Å². The number of hydrogen-bond acceptors (Lipinski definition) is 4. The number of aromatic nitrogens is 1. The number of carbonyl (C=O) groups excluding carboxylic acids is 2. The maximum absolute atomic E-state index is 12.1. The Kier molecular flexibility index (Phi) is 5.75. The van der Waals surface area contributed by atoms with Gasteiger partial charge in [0.05, 0.1) is 12.1 Å². The van der Waals surface area contributed by atoms with Gasteiger partial charge in [0.25, 0.3) is 5.91 Å². The molecule has 132 valence electrons. The molecular weight excluding hydrogens is 316 g/mol. The van der Waals surface area contributed by atoms with Gasteiger partial charge in [-0.1, -0.05) is 17.7 Å². The summed E-state index contributed by atoms with van der Waals surface area (Å²) in [6.07, 6.45) is 1.50. The molecule has 0 bridgehead atoms. The van der Waals surface area contributed by atoms with Crippen molar-refractivity contribution in [3.05, 3.63) is 52.7 Å². The van der Waals surface area contributed by atoms with E-state index in [0.29, 0.717) is 5.56 Å². The standard InChI is InChI=1S/C19H24N4O2/c1-12-8-13(2)18(14(3)9-12)22-17(24)11-21-19(25)15-6-7-16(20-10-15)23(4)5/h6-10H,11H2,1-5H3,(H,21,25)(H,22,24). The topological polar surface area (TPSA) is 74.3 Å². The first kappa shape index (κ1) is 18.4. The third kappa shape index (κ3) is 4.79. The third-order valence-electron chi connectivity index (χ3n) is 3.82. The highest BCUT2D eigenvalue weighted by Gasteiger charge is 2.11. The van der Waals surface area contributed by atoms with E-state index in [4.69, 9.17) is 0 Å². The van der Waals surface area contributed by atoms with Gasteiger partial charge < -0.3 is 15.5 Å². The monoisotopic (exact) mass is 340 g/mol. The van der Waals surface area contributed by atoms with Crippen LogP contribution in [0.1, 0.15) is 27.0 Å². The van der Waals surface area contributed by atoms with E-state index in [1.807, 2.05) is 51.9 Å². The summed E-state index contributed by atoms with van der Waals surface area (Å²) in [5, 5.41) is 5.47. The summed E-state index contributed by atoms with van der Waals surface area (Å²) >= 11 is 0. The maximum Gasteiger partial charge on any atom is 0.253 e. The number of aryl methyl sites for hydroxylation is 3. The van der Waals surface area contributed by atoms with Crippen molar-refractivity contribution in [2.24, 2.45) is 0 Å². The lowest BCUT2D eigenvalue weighted by atomic mass is 10.1. The molecule has 6 heteroatoms. The average Bonchev–Trinajstić information content (AvgIpc) is 2.56. The van der Waals surface area contributed by atoms with Crippen LogP contribution in [0.5, 0.6) is 0 Å². The second-order valence-corrected chi connectivity index (χ2v) is 6.30. The molecule has 0 saturated heterocycles. The summed E-state index contributed by atoms with van der Waals surface area (Å²) < 4.78 is 0. The van der Waals surface area contributed by atoms with Crippen LogP contribution in [0.4, 0.5) is 11.5 Å². The fraction of sp³-hybridized carbons (Fsp3) is 0.316. The molecule has 0 aliphatic rings. The highest BCUT2D eigenvalue weighted by atomic mass is 16.2. The molecule has 0 fully saturated rings. The van der Waals surface area contributed by atoms with Crippen LogP contribution in [0.15, 0.2) is 30.5 Å². The van der Waals surface area contributed by atoms with Gasteiger partial charge in [0.2, 0.25) is 5.91 Å². The fourth-order valence-electron chi connectivity index (χ4n) is 2.61. The molecule has 2 N–H and O–H groups in total. The second kappa shape index (κ2) is 7.79. The minimum absolute atomic E-state index is 0.0962. The van der Waals surface area contributed by atoms with Crippen molar-refractivity contribution >= 4 is 23.3 Å². The number of pyridine rings is 1. The lowest BCUT2D eigenvalue weighted by molar-refractivity contribution is -0.115. The third-order valence-corrected chi connectivity index (χ3v) is 3.82. The van der Waals surface area contributed by atoms with Crippen molar-refractivity contribution in [3.8, 4) is 0 Å². The molecule has 0 saturated carbocycles. The Morgan fingerprint density at radius 3 is 2.24 bits per heavy atom. The quantitative estimate of drug-likeness (QED) is 0.877. The van der Waals surface area contributed by atoms with Crippen molar-refractivity contribution < 1.29 is 9.59 Å². The van der Waals surface area contributed by atoms with Crippen LogP contribution in [0.3, 0.4) is 0 Å². The van der Waals surface area contributed by atoms with E-state index in [0.717, 1.165) is 28.2 Å². The van der Waals surface area contributed by atoms with Gasteiger partial charge in [-0.05, 0) is 44.0 Å². The number of carbonyl (C=O) groups is 2. The predicted octanol–water partition coefficient (Wildman–Crippen LogP) is 2.44. The smallest absolute Gasteiger partial charge is 0.253 e. The largest absolute Gasteiger partial charge is 0.363 e. The van der Waals surface area contributed by atoms with Gasteiger partial charge in [0, 0.05) is 26.0 Å². The van der Waals surface area contributed by atoms with Gasteiger partial charge >= 0.3 is 0 Å². The Balaban J connectivity index is 1.94. The van der Waals surface area contributed by atoms with E-state index < -0.39 is 0 Å². The van der Waals surface area contributed by atoms with E-state index in [-0.39, 0.29) is 18.4 Å². The molecule has 0 radical (unpaired) electrons. The van der Waals surface area contributed by atoms with E-state index in [1.165, 1.54) is 6.20 Å². The summed E-state index contributed by atoms with van der Waals surface area (Å²) in [7, 11) is 3.75. The van der Waals surface area contributed by atoms with Crippen LogP contribution in [0, 0.1) is 20.8 Å². The molecule has 1 heterocycles. The van der Waals surface area contributed by atoms with Crippen molar-refractivity contribution in [1.29, 1.82) is 0 Å². The Labute approximate surface area is 148 Å². The summed E-state index contributed by atoms with van der Waals surface area (Å²) in [5.74, 6) is 0.172. The molecular formula is C19H24N4O2. The van der Waals surface area contributed by atoms with Crippen molar-refractivity contribution in [3.63, 3.8) is 0 Å². The van der Waals surface area contributed by atoms with E-state index in [9.17, 15) is 9.59 Å². The first-order valence-electron chi connectivity index (χ1n) is 8.07. The zero-order valence-corrected chi connectivity index (χ0v) is 15.3. The Hall–Kier alpha value is -2.89. The lowest BCUT2D eigenvalue weighted by Crippen LogP contribution is -2.33. The van der Waals surface area contributed by atoms with Crippen LogP contribution in [0.2, 0.25) is 0 Å². The molecule has 25 heavy (non-hydrogen) atoms. The Morgan fingerprint density at radius 1 is 1.08 bits per heavy atom. The minimum atomic E-state index is -0.328. The molecule has 2 aromatic rings. The fourth-order valence-corrected chi connectivity index (χ4v) is 2.61. The zero-order valence-electron chi connectivity index (χ0n) is 15.3. The number of nitrogens with one attached hydrogen (secondary N) is 2. The summed E-state index contributed by atoms with van der Waals surface area (Å²) in [6.45, 7) is 5.82. The molecule has 0 spiro atoms. The van der Waals surface area contributed by atoms with Crippen LogP contribution in [-0.2, 0) is 4.79 Å². The molecule has 0 aliphatic heterocycles. The van der Waals surface area contributed by atoms with Crippen molar-refractivity contribution in [2.75, 3.05) is 30.9 Å². The van der Waals surface area contributed by atoms with E-state index in [1.54, 1.807) is 12.1 Å². The Bertz CT molecular complexity index is 760. The van der Waals surface area contributed by atoms with Gasteiger partial charge in [0.1, 0.15) is 5.82 Å². The first-order chi connectivity index (χ1) is 11.8. The molecule has 1 aromatic heterocycles. The predicted molar refractivity (Wildman–Crippen MR) is 100 cm³/mol. The summed E-state index contributed by atoms with van der Waals surface area (Å²) in [5.41, 5.74) is 4.36. The average molecular weight is 340 g/mol. The van der Waals surface area contributed by atoms with Crippen LogP contribution >= 0.6 is 0 Å². The molecule has 6 nitrogen and oxygen atoms in total. The highest BCUT2D eigenvalue weighted by molar-refractivity contribution is 5.99. The number of hydrogen-bond donors (Lipinski definition) is 2. The van der Waals surface area contributed by atoms with Gasteiger partial charge in [-0.3, -0.25) is 9.59 Å². The normalized spacial score (nSPS) is 10.3. The van der Waals surface area contributed by atoms with Crippen molar-refractivity contribution in [1.82, 2.24) is 10.3 Å². The SMILES string of the molecule is Cc1cc(C)c(NC(=O)CNC(=O)c2ccc(N(C)C)nc2)c(C)c1. The van der Waals surface area contributed by atoms with Crippen molar-refractivity contribution in [2.45, 2.75) is 20.8 Å². The molecule has 0 atom stereocenters. The van der Waals surface area contributed by atoms with Crippen LogP contribution in [-0.4, -0.2) is 37.4 Å². The molecule has 0 aliphatic carbocycles. The maximum atomic E-state index is 12.1. The molecule has 0 unspecified atom stereocenters. The number of benzene rings is 1. The first-order valence-corrected chi connectivity index (χ1v) is 8.07. The highest BCUT2D eigenvalue weighted by Crippen LogP contribution is 2.21. The number of nitrogens with zero attached hydrogens (tertiary/aromatic N) is 2. The number of anilines is 2. The Morgan fingerprint density at radius 2 is 1.72 bits per heavy atom. The van der Waals surface area contributed by atoms with Gasteiger partial charge in [-0.2, -0.15) is 0 Å². The summed E-state index contributed by atoms with van der Waals surface area (Å²) in [4.78, 5) is 30.3. The number of amides is 2. The van der Waals surface area contributed by atoms with Gasteiger partial charge in [-0.25, -0.2) is 4.98 Å². The van der Waals surface area contributed by atoms with Crippen LogP contribution < -0.4 is 15.5 Å².